The van der Waals surface area contributed by atoms with E-state index in [9.17, 15) is 14.7 Å². The summed E-state index contributed by atoms with van der Waals surface area (Å²) in [6.45, 7) is 5.96. The molecule has 0 spiro atoms. The number of nitrogens with zero attached hydrogens (tertiary/aromatic N) is 1. The molecule has 1 N–H and O–H groups in total. The van der Waals surface area contributed by atoms with Crippen molar-refractivity contribution in [3.8, 4) is 10.4 Å². The van der Waals surface area contributed by atoms with E-state index in [4.69, 9.17) is 9.47 Å². The third-order valence-electron chi connectivity index (χ3n) is 4.41. The average Bonchev–Trinajstić information content (AvgIpc) is 3.09. The van der Waals surface area contributed by atoms with Gasteiger partial charge in [-0.05, 0) is 25.5 Å². The van der Waals surface area contributed by atoms with E-state index in [1.165, 1.54) is 16.2 Å². The highest BCUT2D eigenvalue weighted by molar-refractivity contribution is 7.18. The maximum Gasteiger partial charge on any atom is 0.348 e. The Hall–Kier alpha value is -2.22. The maximum absolute atomic E-state index is 12.7. The fraction of sp³-hybridized carbons (Fsp3) is 0.400. The van der Waals surface area contributed by atoms with Crippen molar-refractivity contribution in [1.82, 2.24) is 0 Å². The number of hydrogen-bond acceptors (Lipinski definition) is 5. The van der Waals surface area contributed by atoms with Gasteiger partial charge in [0.25, 0.3) is 0 Å². The van der Waals surface area contributed by atoms with Gasteiger partial charge in [0.2, 0.25) is 5.91 Å². The second-order valence-electron chi connectivity index (χ2n) is 6.79. The van der Waals surface area contributed by atoms with Crippen molar-refractivity contribution in [2.45, 2.75) is 39.0 Å². The Bertz CT molecular complexity index is 820. The van der Waals surface area contributed by atoms with Gasteiger partial charge in [0.1, 0.15) is 4.88 Å². The molecule has 6 nitrogen and oxygen atoms in total. The SMILES string of the molecule is CCC(=O)N(c1cc(-c2ccccc2)sc1C(=O)O)C1COC(C)(C)OC1. The molecule has 3 rings (SSSR count). The van der Waals surface area contributed by atoms with Crippen LogP contribution in [-0.4, -0.2) is 42.0 Å². The van der Waals surface area contributed by atoms with Crippen LogP contribution in [0.3, 0.4) is 0 Å². The Balaban J connectivity index is 2.02. The lowest BCUT2D eigenvalue weighted by atomic mass is 10.1. The van der Waals surface area contributed by atoms with Crippen LogP contribution in [0.4, 0.5) is 5.69 Å². The van der Waals surface area contributed by atoms with E-state index in [0.717, 1.165) is 10.4 Å². The summed E-state index contributed by atoms with van der Waals surface area (Å²) in [4.78, 5) is 27.1. The minimum absolute atomic E-state index is 0.139. The van der Waals surface area contributed by atoms with Crippen molar-refractivity contribution in [3.05, 3.63) is 41.3 Å². The molecule has 1 amide bonds. The summed E-state index contributed by atoms with van der Waals surface area (Å²) < 4.78 is 11.4. The predicted molar refractivity (Wildman–Crippen MR) is 104 cm³/mol. The van der Waals surface area contributed by atoms with Crippen molar-refractivity contribution in [3.63, 3.8) is 0 Å². The molecule has 1 aliphatic heterocycles. The molecule has 2 aromatic rings. The first-order valence-electron chi connectivity index (χ1n) is 8.85. The number of carbonyl (C=O) groups excluding carboxylic acids is 1. The third kappa shape index (κ3) is 4.21. The van der Waals surface area contributed by atoms with Crippen molar-refractivity contribution < 1.29 is 24.2 Å². The number of anilines is 1. The van der Waals surface area contributed by atoms with E-state index in [1.807, 2.05) is 44.2 Å². The molecule has 1 aromatic heterocycles. The van der Waals surface area contributed by atoms with E-state index in [2.05, 4.69) is 0 Å². The Morgan fingerprint density at radius 1 is 1.22 bits per heavy atom. The lowest BCUT2D eigenvalue weighted by molar-refractivity contribution is -0.249. The molecule has 2 heterocycles. The molecule has 1 aromatic carbocycles. The summed E-state index contributed by atoms with van der Waals surface area (Å²) in [6, 6.07) is 10.9. The molecule has 1 aliphatic rings. The maximum atomic E-state index is 12.7. The number of carboxylic acids is 1. The van der Waals surface area contributed by atoms with Crippen LogP contribution in [0.25, 0.3) is 10.4 Å². The van der Waals surface area contributed by atoms with Gasteiger partial charge in [-0.15, -0.1) is 11.3 Å². The zero-order valence-electron chi connectivity index (χ0n) is 15.6. The number of hydrogen-bond donors (Lipinski definition) is 1. The molecule has 0 bridgehead atoms. The number of aromatic carboxylic acids is 1. The smallest absolute Gasteiger partial charge is 0.348 e. The Labute approximate surface area is 162 Å². The van der Waals surface area contributed by atoms with Crippen LogP contribution >= 0.6 is 11.3 Å². The highest BCUT2D eigenvalue weighted by atomic mass is 32.1. The summed E-state index contributed by atoms with van der Waals surface area (Å²) in [5.41, 5.74) is 1.31. The van der Waals surface area contributed by atoms with E-state index in [0.29, 0.717) is 5.69 Å². The van der Waals surface area contributed by atoms with Gasteiger partial charge in [-0.25, -0.2) is 4.79 Å². The summed E-state index contributed by atoms with van der Waals surface area (Å²) in [5, 5.41) is 9.72. The standard InChI is InChI=1S/C20H23NO5S/c1-4-17(22)21(14-11-25-20(2,3)26-12-14)15-10-16(27-18(15)19(23)24)13-8-6-5-7-9-13/h5-10,14H,4,11-12H2,1-3H3,(H,23,24). The van der Waals surface area contributed by atoms with Crippen molar-refractivity contribution >= 4 is 28.9 Å². The van der Waals surface area contributed by atoms with Crippen LogP contribution in [0, 0.1) is 0 Å². The second-order valence-corrected chi connectivity index (χ2v) is 7.84. The van der Waals surface area contributed by atoms with Gasteiger partial charge in [0, 0.05) is 11.3 Å². The number of thiophene rings is 1. The fourth-order valence-electron chi connectivity index (χ4n) is 3.00. The van der Waals surface area contributed by atoms with Crippen molar-refractivity contribution in [2.24, 2.45) is 0 Å². The first-order chi connectivity index (χ1) is 12.8. The molecule has 0 unspecified atom stereocenters. The largest absolute Gasteiger partial charge is 0.477 e. The van der Waals surface area contributed by atoms with Gasteiger partial charge in [-0.3, -0.25) is 4.79 Å². The summed E-state index contributed by atoms with van der Waals surface area (Å²) in [5.74, 6) is -1.92. The topological polar surface area (TPSA) is 76.1 Å². The second kappa shape index (κ2) is 7.80. The molecule has 0 atom stereocenters. The molecule has 7 heteroatoms. The predicted octanol–water partition coefficient (Wildman–Crippen LogP) is 4.01. The van der Waals surface area contributed by atoms with Crippen LogP contribution in [0.1, 0.15) is 36.9 Å². The van der Waals surface area contributed by atoms with Crippen LogP contribution in [0.5, 0.6) is 0 Å². The number of ether oxygens (including phenoxy) is 2. The third-order valence-corrected chi connectivity index (χ3v) is 5.57. The van der Waals surface area contributed by atoms with Gasteiger partial charge in [-0.2, -0.15) is 0 Å². The highest BCUT2D eigenvalue weighted by Gasteiger charge is 2.36. The molecule has 144 valence electrons. The Kier molecular flexibility index (Phi) is 5.64. The normalized spacial score (nSPS) is 16.9. The minimum Gasteiger partial charge on any atom is -0.477 e. The van der Waals surface area contributed by atoms with Gasteiger partial charge in [0.15, 0.2) is 5.79 Å². The van der Waals surface area contributed by atoms with Crippen LogP contribution < -0.4 is 4.90 Å². The number of amides is 1. The fourth-order valence-corrected chi connectivity index (χ4v) is 3.99. The van der Waals surface area contributed by atoms with Crippen LogP contribution in [-0.2, 0) is 14.3 Å². The van der Waals surface area contributed by atoms with Crippen LogP contribution in [0.15, 0.2) is 36.4 Å². The van der Waals surface area contributed by atoms with Gasteiger partial charge < -0.3 is 19.5 Å². The number of carbonyl (C=O) groups is 2. The summed E-state index contributed by atoms with van der Waals surface area (Å²) in [7, 11) is 0. The van der Waals surface area contributed by atoms with E-state index in [1.54, 1.807) is 13.0 Å². The van der Waals surface area contributed by atoms with E-state index >= 15 is 0 Å². The molecule has 1 saturated heterocycles. The Morgan fingerprint density at radius 3 is 2.41 bits per heavy atom. The molecule has 0 saturated carbocycles. The van der Waals surface area contributed by atoms with Gasteiger partial charge >= 0.3 is 5.97 Å². The summed E-state index contributed by atoms with van der Waals surface area (Å²) >= 11 is 1.17. The van der Waals surface area contributed by atoms with Crippen molar-refractivity contribution in [2.75, 3.05) is 18.1 Å². The number of rotatable bonds is 5. The van der Waals surface area contributed by atoms with E-state index in [-0.39, 0.29) is 36.5 Å². The number of carboxylic acid groups (broad SMARTS) is 1. The molecule has 0 radical (unpaired) electrons. The minimum atomic E-state index is -1.05. The monoisotopic (exact) mass is 389 g/mol. The lowest BCUT2D eigenvalue weighted by Crippen LogP contribution is -2.52. The molecule has 0 aliphatic carbocycles. The molecule has 27 heavy (non-hydrogen) atoms. The lowest BCUT2D eigenvalue weighted by Gasteiger charge is -2.40. The zero-order valence-corrected chi connectivity index (χ0v) is 16.4. The molecular formula is C20H23NO5S. The molecule has 1 fully saturated rings. The quantitative estimate of drug-likeness (QED) is 0.836. The zero-order chi connectivity index (χ0) is 19.6. The number of benzene rings is 1. The van der Waals surface area contributed by atoms with Crippen molar-refractivity contribution in [1.29, 1.82) is 0 Å². The molecular weight excluding hydrogens is 366 g/mol. The Morgan fingerprint density at radius 2 is 1.85 bits per heavy atom. The van der Waals surface area contributed by atoms with E-state index < -0.39 is 11.8 Å². The highest BCUT2D eigenvalue weighted by Crippen LogP contribution is 2.38. The first kappa shape index (κ1) is 19.5. The first-order valence-corrected chi connectivity index (χ1v) is 9.66. The summed E-state index contributed by atoms with van der Waals surface area (Å²) in [6.07, 6.45) is 0.259. The van der Waals surface area contributed by atoms with Crippen LogP contribution in [0.2, 0.25) is 0 Å². The van der Waals surface area contributed by atoms with Gasteiger partial charge in [-0.1, -0.05) is 37.3 Å². The van der Waals surface area contributed by atoms with Gasteiger partial charge in [0.05, 0.1) is 24.9 Å². The average molecular weight is 389 g/mol.